The summed E-state index contributed by atoms with van der Waals surface area (Å²) in [4.78, 5) is 28.6. The summed E-state index contributed by atoms with van der Waals surface area (Å²) >= 11 is 0. The van der Waals surface area contributed by atoms with Crippen LogP contribution in [-0.2, 0) is 9.59 Å². The molecule has 19 heavy (non-hydrogen) atoms. The average molecular weight is 255 g/mol. The van der Waals surface area contributed by atoms with Gasteiger partial charge in [0.2, 0.25) is 5.91 Å². The lowest BCUT2D eigenvalue weighted by Gasteiger charge is -2.15. The molecule has 5 heteroatoms. The highest BCUT2D eigenvalue weighted by atomic mass is 16.2. The number of anilines is 1. The highest BCUT2D eigenvalue weighted by Gasteiger charge is 2.28. The Labute approximate surface area is 110 Å². The van der Waals surface area contributed by atoms with Gasteiger partial charge in [0, 0.05) is 23.8 Å². The number of carbonyl (C=O) groups excluding carboxylic acids is 2. The number of rotatable bonds is 2. The third kappa shape index (κ3) is 2.03. The van der Waals surface area contributed by atoms with E-state index in [1.54, 1.807) is 6.20 Å². The number of hydrogen-bond donors (Lipinski definition) is 0. The molecule has 1 amide bonds. The SMILES string of the molecule is Cc1nccn1-c1ccc(N2CC(=O)CC2=O)cc1. The molecule has 0 bridgehead atoms. The zero-order valence-electron chi connectivity index (χ0n) is 10.5. The van der Waals surface area contributed by atoms with Crippen molar-refractivity contribution in [1.82, 2.24) is 9.55 Å². The zero-order valence-corrected chi connectivity index (χ0v) is 10.5. The Kier molecular flexibility index (Phi) is 2.67. The Morgan fingerprint density at radius 3 is 2.32 bits per heavy atom. The van der Waals surface area contributed by atoms with Gasteiger partial charge in [-0.2, -0.15) is 0 Å². The Bertz CT molecular complexity index is 643. The molecule has 1 aromatic heterocycles. The second-order valence-corrected chi connectivity index (χ2v) is 4.56. The average Bonchev–Trinajstić information content (AvgIpc) is 2.96. The van der Waals surface area contributed by atoms with Gasteiger partial charge in [-0.25, -0.2) is 4.98 Å². The number of carbonyl (C=O) groups is 2. The zero-order chi connectivity index (χ0) is 13.4. The van der Waals surface area contributed by atoms with E-state index < -0.39 is 0 Å². The molecule has 1 aromatic carbocycles. The van der Waals surface area contributed by atoms with E-state index in [1.807, 2.05) is 42.0 Å². The first kappa shape index (κ1) is 11.6. The summed E-state index contributed by atoms with van der Waals surface area (Å²) in [6.45, 7) is 2.11. The van der Waals surface area contributed by atoms with Crippen molar-refractivity contribution in [2.24, 2.45) is 0 Å². The summed E-state index contributed by atoms with van der Waals surface area (Å²) in [7, 11) is 0. The lowest BCUT2D eigenvalue weighted by Crippen LogP contribution is -2.24. The molecular formula is C14H13N3O2. The number of hydrogen-bond acceptors (Lipinski definition) is 3. The molecule has 0 aliphatic carbocycles. The van der Waals surface area contributed by atoms with E-state index in [-0.39, 0.29) is 24.7 Å². The molecule has 0 N–H and O–H groups in total. The molecule has 1 saturated heterocycles. The van der Waals surface area contributed by atoms with Crippen LogP contribution in [0.15, 0.2) is 36.7 Å². The number of nitrogens with zero attached hydrogens (tertiary/aromatic N) is 3. The molecule has 1 fully saturated rings. The minimum atomic E-state index is -0.128. The van der Waals surface area contributed by atoms with Gasteiger partial charge in [0.05, 0.1) is 13.0 Å². The Balaban J connectivity index is 1.89. The van der Waals surface area contributed by atoms with Crippen LogP contribution in [0.2, 0.25) is 0 Å². The molecular weight excluding hydrogens is 242 g/mol. The van der Waals surface area contributed by atoms with Crippen molar-refractivity contribution in [3.63, 3.8) is 0 Å². The quantitative estimate of drug-likeness (QED) is 0.764. The molecule has 0 spiro atoms. The fraction of sp³-hybridized carbons (Fsp3) is 0.214. The van der Waals surface area contributed by atoms with Gasteiger partial charge in [-0.05, 0) is 31.2 Å². The number of amides is 1. The predicted molar refractivity (Wildman–Crippen MR) is 70.3 cm³/mol. The second kappa shape index (κ2) is 4.35. The van der Waals surface area contributed by atoms with E-state index in [0.29, 0.717) is 0 Å². The van der Waals surface area contributed by atoms with Crippen LogP contribution in [0.1, 0.15) is 12.2 Å². The molecule has 3 rings (SSSR count). The molecule has 1 aliphatic rings. The molecule has 0 radical (unpaired) electrons. The summed E-state index contributed by atoms with van der Waals surface area (Å²) in [5.41, 5.74) is 1.74. The van der Waals surface area contributed by atoms with Crippen molar-refractivity contribution >= 4 is 17.4 Å². The molecule has 0 unspecified atom stereocenters. The summed E-state index contributed by atoms with van der Waals surface area (Å²) < 4.78 is 1.96. The maximum absolute atomic E-state index is 11.6. The summed E-state index contributed by atoms with van der Waals surface area (Å²) in [5.74, 6) is 0.747. The Morgan fingerprint density at radius 2 is 1.79 bits per heavy atom. The fourth-order valence-electron chi connectivity index (χ4n) is 2.26. The van der Waals surface area contributed by atoms with Crippen LogP contribution in [0, 0.1) is 6.92 Å². The van der Waals surface area contributed by atoms with Crippen molar-refractivity contribution in [3.8, 4) is 5.69 Å². The van der Waals surface area contributed by atoms with Gasteiger partial charge < -0.3 is 9.47 Å². The van der Waals surface area contributed by atoms with E-state index in [9.17, 15) is 9.59 Å². The summed E-state index contributed by atoms with van der Waals surface area (Å²) in [5, 5.41) is 0. The van der Waals surface area contributed by atoms with E-state index in [4.69, 9.17) is 0 Å². The number of Topliss-reactive ketones (excluding diaryl/α,β-unsaturated/α-hetero) is 1. The van der Waals surface area contributed by atoms with Crippen LogP contribution in [0.5, 0.6) is 0 Å². The normalized spacial score (nSPS) is 15.3. The monoisotopic (exact) mass is 255 g/mol. The van der Waals surface area contributed by atoms with Crippen molar-refractivity contribution < 1.29 is 9.59 Å². The predicted octanol–water partition coefficient (Wildman–Crippen LogP) is 1.49. The van der Waals surface area contributed by atoms with Gasteiger partial charge in [0.1, 0.15) is 5.82 Å². The van der Waals surface area contributed by atoms with Crippen LogP contribution in [0.25, 0.3) is 5.69 Å². The molecule has 0 saturated carbocycles. The minimum Gasteiger partial charge on any atom is -0.305 e. The third-order valence-corrected chi connectivity index (χ3v) is 3.25. The largest absolute Gasteiger partial charge is 0.305 e. The van der Waals surface area contributed by atoms with E-state index in [2.05, 4.69) is 4.98 Å². The maximum Gasteiger partial charge on any atom is 0.234 e. The minimum absolute atomic E-state index is 0.0163. The van der Waals surface area contributed by atoms with Gasteiger partial charge >= 0.3 is 0 Å². The smallest absolute Gasteiger partial charge is 0.234 e. The highest BCUT2D eigenvalue weighted by Crippen LogP contribution is 2.21. The fourth-order valence-corrected chi connectivity index (χ4v) is 2.26. The van der Waals surface area contributed by atoms with Crippen LogP contribution in [0.4, 0.5) is 5.69 Å². The molecule has 1 aliphatic heterocycles. The van der Waals surface area contributed by atoms with Crippen LogP contribution in [-0.4, -0.2) is 27.8 Å². The standard InChI is InChI=1S/C14H13N3O2/c1-10-15-6-7-16(10)11-2-4-12(5-3-11)17-9-13(18)8-14(17)19/h2-7H,8-9H2,1H3. The molecule has 2 heterocycles. The van der Waals surface area contributed by atoms with Gasteiger partial charge in [-0.15, -0.1) is 0 Å². The third-order valence-electron chi connectivity index (χ3n) is 3.25. The van der Waals surface area contributed by atoms with E-state index >= 15 is 0 Å². The Hall–Kier alpha value is -2.43. The van der Waals surface area contributed by atoms with Crippen LogP contribution >= 0.6 is 0 Å². The van der Waals surface area contributed by atoms with Crippen molar-refractivity contribution in [2.75, 3.05) is 11.4 Å². The number of benzene rings is 1. The molecule has 5 nitrogen and oxygen atoms in total. The van der Waals surface area contributed by atoms with Crippen molar-refractivity contribution in [2.45, 2.75) is 13.3 Å². The number of ketones is 1. The van der Waals surface area contributed by atoms with E-state index in [0.717, 1.165) is 17.2 Å². The van der Waals surface area contributed by atoms with Gasteiger partial charge in [0.25, 0.3) is 0 Å². The lowest BCUT2D eigenvalue weighted by molar-refractivity contribution is -0.121. The number of imidazole rings is 1. The first-order valence-corrected chi connectivity index (χ1v) is 6.07. The first-order valence-electron chi connectivity index (χ1n) is 6.07. The van der Waals surface area contributed by atoms with E-state index in [1.165, 1.54) is 4.90 Å². The second-order valence-electron chi connectivity index (χ2n) is 4.56. The number of aromatic nitrogens is 2. The Morgan fingerprint density at radius 1 is 1.11 bits per heavy atom. The first-order chi connectivity index (χ1) is 9.15. The van der Waals surface area contributed by atoms with Crippen molar-refractivity contribution in [3.05, 3.63) is 42.5 Å². The molecule has 0 atom stereocenters. The topological polar surface area (TPSA) is 55.2 Å². The van der Waals surface area contributed by atoms with Crippen molar-refractivity contribution in [1.29, 1.82) is 0 Å². The van der Waals surface area contributed by atoms with Gasteiger partial charge in [0.15, 0.2) is 5.78 Å². The van der Waals surface area contributed by atoms with Crippen LogP contribution < -0.4 is 4.90 Å². The molecule has 2 aromatic rings. The maximum atomic E-state index is 11.6. The van der Waals surface area contributed by atoms with Gasteiger partial charge in [-0.1, -0.05) is 0 Å². The highest BCUT2D eigenvalue weighted by molar-refractivity contribution is 6.15. The van der Waals surface area contributed by atoms with Gasteiger partial charge in [-0.3, -0.25) is 9.59 Å². The lowest BCUT2D eigenvalue weighted by atomic mass is 10.2. The molecule has 96 valence electrons. The van der Waals surface area contributed by atoms with Crippen LogP contribution in [0.3, 0.4) is 0 Å². The number of aryl methyl sites for hydroxylation is 1. The summed E-state index contributed by atoms with van der Waals surface area (Å²) in [6, 6.07) is 7.54. The summed E-state index contributed by atoms with van der Waals surface area (Å²) in [6.07, 6.45) is 3.64.